The lowest BCUT2D eigenvalue weighted by atomic mass is 9.69. The molecule has 0 heterocycles. The van der Waals surface area contributed by atoms with E-state index in [1.807, 2.05) is 13.0 Å². The molecule has 4 bridgehead atoms. The molecule has 4 N–H and O–H groups in total. The van der Waals surface area contributed by atoms with Crippen molar-refractivity contribution in [1.82, 2.24) is 5.32 Å². The van der Waals surface area contributed by atoms with Gasteiger partial charge in [0.25, 0.3) is 5.91 Å². The van der Waals surface area contributed by atoms with E-state index in [-0.39, 0.29) is 35.1 Å². The molecule has 4 saturated carbocycles. The number of aryl methyl sites for hydroxylation is 1. The van der Waals surface area contributed by atoms with Crippen molar-refractivity contribution in [3.8, 4) is 17.2 Å². The molecule has 1 amide bonds. The van der Waals surface area contributed by atoms with E-state index in [9.17, 15) is 20.1 Å². The van der Waals surface area contributed by atoms with E-state index in [1.54, 1.807) is 12.1 Å². The number of hydrogen-bond acceptors (Lipinski definition) is 4. The molecule has 0 saturated heterocycles. The Morgan fingerprint density at radius 2 is 1.72 bits per heavy atom. The largest absolute Gasteiger partial charge is 0.507 e. The fourth-order valence-corrected chi connectivity index (χ4v) is 6.60. The predicted molar refractivity (Wildman–Crippen MR) is 109 cm³/mol. The van der Waals surface area contributed by atoms with Gasteiger partial charge in [0.1, 0.15) is 5.75 Å². The molecule has 4 aliphatic carbocycles. The number of carbonyl (C=O) groups is 1. The summed E-state index contributed by atoms with van der Waals surface area (Å²) in [6.45, 7) is 2.25. The van der Waals surface area contributed by atoms with E-state index in [0.717, 1.165) is 17.4 Å². The second kappa shape index (κ2) is 6.41. The number of phenolic OH excluding ortho intramolecular Hbond substituents is 3. The lowest BCUT2D eigenvalue weighted by molar-refractivity contribution is 0.0948. The standard InChI is InChI=1S/C24H27NO4/c1-13-4-21(27)18(23(29)25-12-14-2-3-20(26)22(28)8-14)9-19(13)24-10-15-5-16(11-24)7-17(24)6-15/h2-4,8-9,15-17,26-28H,5-7,10-12H2,1H3,(H,25,29). The summed E-state index contributed by atoms with van der Waals surface area (Å²) in [5.41, 5.74) is 3.50. The predicted octanol–water partition coefficient (Wildman–Crippen LogP) is 4.12. The van der Waals surface area contributed by atoms with Gasteiger partial charge >= 0.3 is 0 Å². The average molecular weight is 393 g/mol. The zero-order valence-electron chi connectivity index (χ0n) is 16.6. The van der Waals surface area contributed by atoms with Crippen LogP contribution in [0.25, 0.3) is 0 Å². The van der Waals surface area contributed by atoms with Crippen molar-refractivity contribution in [1.29, 1.82) is 0 Å². The monoisotopic (exact) mass is 393 g/mol. The Hall–Kier alpha value is -2.69. The molecule has 2 aromatic carbocycles. The Bertz CT molecular complexity index is 985. The van der Waals surface area contributed by atoms with Crippen LogP contribution in [0.2, 0.25) is 0 Å². The Morgan fingerprint density at radius 1 is 1.00 bits per heavy atom. The minimum atomic E-state index is -0.328. The Morgan fingerprint density at radius 3 is 2.41 bits per heavy atom. The number of carbonyl (C=O) groups excluding carboxylic acids is 1. The number of amides is 1. The molecule has 0 aliphatic heterocycles. The lowest BCUT2D eigenvalue weighted by Crippen LogP contribution is -2.30. The zero-order valence-corrected chi connectivity index (χ0v) is 16.6. The summed E-state index contributed by atoms with van der Waals surface area (Å²) in [4.78, 5) is 12.8. The lowest BCUT2D eigenvalue weighted by Gasteiger charge is -2.35. The zero-order chi connectivity index (χ0) is 20.3. The molecule has 4 aliphatic rings. The maximum Gasteiger partial charge on any atom is 0.255 e. The number of aromatic hydroxyl groups is 3. The van der Waals surface area contributed by atoms with Crippen molar-refractivity contribution in [2.45, 2.75) is 51.0 Å². The molecule has 29 heavy (non-hydrogen) atoms. The molecule has 6 rings (SSSR count). The first-order chi connectivity index (χ1) is 13.9. The summed E-state index contributed by atoms with van der Waals surface area (Å²) in [6.07, 6.45) is 6.41. The highest BCUT2D eigenvalue weighted by Gasteiger charge is 2.58. The second-order valence-electron chi connectivity index (χ2n) is 9.39. The molecular weight excluding hydrogens is 366 g/mol. The SMILES string of the molecule is Cc1cc(O)c(C(=O)NCc2ccc(O)c(O)c2)cc1C12CC3CC(CC1C3)C2. The van der Waals surface area contributed by atoms with Gasteiger partial charge in [-0.2, -0.15) is 0 Å². The smallest absolute Gasteiger partial charge is 0.255 e. The van der Waals surface area contributed by atoms with Gasteiger partial charge in [-0.25, -0.2) is 0 Å². The maximum atomic E-state index is 12.8. The third kappa shape index (κ3) is 2.86. The van der Waals surface area contributed by atoms with Gasteiger partial charge in [0, 0.05) is 6.54 Å². The summed E-state index contributed by atoms with van der Waals surface area (Å²) in [5, 5.41) is 32.3. The Balaban J connectivity index is 1.41. The fraction of sp³-hybridized carbons (Fsp3) is 0.458. The molecule has 5 heteroatoms. The molecule has 2 unspecified atom stereocenters. The highest BCUT2D eigenvalue weighted by Crippen LogP contribution is 2.66. The van der Waals surface area contributed by atoms with E-state index in [1.165, 1.54) is 49.8 Å². The third-order valence-corrected chi connectivity index (χ3v) is 7.61. The van der Waals surface area contributed by atoms with Crippen LogP contribution in [0.5, 0.6) is 17.2 Å². The summed E-state index contributed by atoms with van der Waals surface area (Å²) in [5.74, 6) is 1.62. The molecule has 0 aromatic heterocycles. The van der Waals surface area contributed by atoms with Crippen molar-refractivity contribution >= 4 is 5.91 Å². The summed E-state index contributed by atoms with van der Waals surface area (Å²) >= 11 is 0. The van der Waals surface area contributed by atoms with Crippen molar-refractivity contribution in [3.63, 3.8) is 0 Å². The van der Waals surface area contributed by atoms with Gasteiger partial charge in [-0.1, -0.05) is 6.07 Å². The minimum absolute atomic E-state index is 0.00593. The van der Waals surface area contributed by atoms with Gasteiger partial charge < -0.3 is 20.6 Å². The quantitative estimate of drug-likeness (QED) is 0.588. The maximum absolute atomic E-state index is 12.8. The van der Waals surface area contributed by atoms with Gasteiger partial charge in [-0.15, -0.1) is 0 Å². The number of hydrogen-bond donors (Lipinski definition) is 4. The third-order valence-electron chi connectivity index (χ3n) is 7.61. The van der Waals surface area contributed by atoms with Crippen LogP contribution in [-0.2, 0) is 12.0 Å². The normalized spacial score (nSPS) is 29.3. The van der Waals surface area contributed by atoms with Gasteiger partial charge in [0.05, 0.1) is 5.56 Å². The number of benzene rings is 2. The number of rotatable bonds is 4. The number of nitrogens with one attached hydrogen (secondary N) is 1. The van der Waals surface area contributed by atoms with E-state index < -0.39 is 0 Å². The van der Waals surface area contributed by atoms with Crippen molar-refractivity contribution < 1.29 is 20.1 Å². The van der Waals surface area contributed by atoms with Crippen LogP contribution in [0.1, 0.15) is 59.2 Å². The van der Waals surface area contributed by atoms with Gasteiger partial charge in [0.15, 0.2) is 11.5 Å². The molecule has 5 nitrogen and oxygen atoms in total. The van der Waals surface area contributed by atoms with Crippen molar-refractivity contribution in [3.05, 3.63) is 52.6 Å². The molecule has 4 fully saturated rings. The van der Waals surface area contributed by atoms with Crippen LogP contribution >= 0.6 is 0 Å². The summed E-state index contributed by atoms with van der Waals surface area (Å²) in [7, 11) is 0. The van der Waals surface area contributed by atoms with Gasteiger partial charge in [-0.3, -0.25) is 4.79 Å². The number of phenols is 3. The minimum Gasteiger partial charge on any atom is -0.507 e. The summed E-state index contributed by atoms with van der Waals surface area (Å²) < 4.78 is 0. The Kier molecular flexibility index (Phi) is 4.05. The Labute approximate surface area is 170 Å². The van der Waals surface area contributed by atoms with Crippen molar-refractivity contribution in [2.75, 3.05) is 0 Å². The molecule has 2 aromatic rings. The first-order valence-electron chi connectivity index (χ1n) is 10.5. The van der Waals surface area contributed by atoms with Crippen LogP contribution in [0.15, 0.2) is 30.3 Å². The fourth-order valence-electron chi connectivity index (χ4n) is 6.60. The van der Waals surface area contributed by atoms with E-state index in [2.05, 4.69) is 5.32 Å². The molecule has 152 valence electrons. The highest BCUT2D eigenvalue weighted by atomic mass is 16.3. The molecular formula is C24H27NO4. The average Bonchev–Trinajstić information content (AvgIpc) is 3.07. The van der Waals surface area contributed by atoms with Gasteiger partial charge in [-0.05, 0) is 103 Å². The van der Waals surface area contributed by atoms with Crippen molar-refractivity contribution in [2.24, 2.45) is 17.8 Å². The molecule has 0 spiro atoms. The van der Waals surface area contributed by atoms with Crippen LogP contribution in [-0.4, -0.2) is 21.2 Å². The first-order valence-corrected chi connectivity index (χ1v) is 10.5. The van der Waals surface area contributed by atoms with Crippen LogP contribution in [0.3, 0.4) is 0 Å². The first kappa shape index (κ1) is 18.3. The van der Waals surface area contributed by atoms with Crippen LogP contribution in [0, 0.1) is 24.7 Å². The second-order valence-corrected chi connectivity index (χ2v) is 9.39. The van der Waals surface area contributed by atoms with Gasteiger partial charge in [0.2, 0.25) is 0 Å². The van der Waals surface area contributed by atoms with E-state index in [0.29, 0.717) is 17.0 Å². The summed E-state index contributed by atoms with van der Waals surface area (Å²) in [6, 6.07) is 8.12. The highest BCUT2D eigenvalue weighted by molar-refractivity contribution is 5.97. The van der Waals surface area contributed by atoms with Crippen LogP contribution < -0.4 is 5.32 Å². The topological polar surface area (TPSA) is 89.8 Å². The molecule has 0 radical (unpaired) electrons. The molecule has 2 atom stereocenters. The van der Waals surface area contributed by atoms with E-state index in [4.69, 9.17) is 0 Å². The van der Waals surface area contributed by atoms with Crippen LogP contribution in [0.4, 0.5) is 0 Å². The van der Waals surface area contributed by atoms with E-state index >= 15 is 0 Å².